The van der Waals surface area contributed by atoms with Crippen molar-refractivity contribution in [1.82, 2.24) is 0 Å². The second-order valence-corrected chi connectivity index (χ2v) is 7.00. The van der Waals surface area contributed by atoms with Gasteiger partial charge in [0.1, 0.15) is 0 Å². The Bertz CT molecular complexity index is 499. The number of sulfone groups is 1. The Labute approximate surface area is 111 Å². The lowest BCUT2D eigenvalue weighted by atomic mass is 10.0. The number of aliphatic hydroxyl groups excluding tert-OH is 1. The van der Waals surface area contributed by atoms with Crippen LogP contribution in [-0.4, -0.2) is 25.0 Å². The van der Waals surface area contributed by atoms with E-state index in [1.807, 2.05) is 0 Å². The number of hydrogen-bond donors (Lipinski definition) is 1. The fraction of sp³-hybridized carbons (Fsp3) is 0.455. The van der Waals surface area contributed by atoms with Gasteiger partial charge < -0.3 is 5.11 Å². The van der Waals surface area contributed by atoms with Gasteiger partial charge in [-0.2, -0.15) is 0 Å². The molecule has 0 radical (unpaired) electrons. The Hall–Kier alpha value is -0.290. The Morgan fingerprint density at radius 2 is 1.94 bits per heavy atom. The van der Waals surface area contributed by atoms with Crippen molar-refractivity contribution < 1.29 is 13.5 Å². The minimum absolute atomic E-state index is 0.270. The van der Waals surface area contributed by atoms with Crippen LogP contribution in [0.25, 0.3) is 0 Å². The molecule has 0 bridgehead atoms. The molecule has 0 fully saturated rings. The average Bonchev–Trinajstić information content (AvgIpc) is 2.15. The number of benzene rings is 1. The van der Waals surface area contributed by atoms with Gasteiger partial charge in [-0.1, -0.05) is 36.2 Å². The van der Waals surface area contributed by atoms with Crippen LogP contribution in [0, 0.1) is 0 Å². The van der Waals surface area contributed by atoms with Crippen LogP contribution < -0.4 is 0 Å². The van der Waals surface area contributed by atoms with Gasteiger partial charge >= 0.3 is 0 Å². The average molecular weight is 297 g/mol. The number of halogens is 2. The SMILES string of the molecule is CC[C@H]([C@H](O)c1ccc(Cl)cc1Cl)S(C)(=O)=O. The second kappa shape index (κ2) is 5.57. The summed E-state index contributed by atoms with van der Waals surface area (Å²) in [7, 11) is -3.33. The maximum absolute atomic E-state index is 11.5. The van der Waals surface area contributed by atoms with E-state index >= 15 is 0 Å². The van der Waals surface area contributed by atoms with Gasteiger partial charge in [-0.3, -0.25) is 0 Å². The minimum atomic E-state index is -3.33. The molecule has 0 heterocycles. The molecule has 1 aromatic carbocycles. The highest BCUT2D eigenvalue weighted by Gasteiger charge is 2.29. The van der Waals surface area contributed by atoms with Crippen molar-refractivity contribution in [2.75, 3.05) is 6.26 Å². The third kappa shape index (κ3) is 3.58. The molecule has 2 atom stereocenters. The number of aliphatic hydroxyl groups is 1. The van der Waals surface area contributed by atoms with Crippen molar-refractivity contribution in [2.24, 2.45) is 0 Å². The van der Waals surface area contributed by atoms with Gasteiger partial charge in [0, 0.05) is 21.9 Å². The zero-order chi connectivity index (χ0) is 13.2. The van der Waals surface area contributed by atoms with E-state index in [2.05, 4.69) is 0 Å². The zero-order valence-electron chi connectivity index (χ0n) is 9.52. The molecule has 0 amide bonds. The van der Waals surface area contributed by atoms with Crippen molar-refractivity contribution in [1.29, 1.82) is 0 Å². The molecule has 0 aliphatic rings. The summed E-state index contributed by atoms with van der Waals surface area (Å²) in [6.07, 6.45) is 0.285. The molecule has 1 rings (SSSR count). The van der Waals surface area contributed by atoms with E-state index in [0.717, 1.165) is 6.26 Å². The van der Waals surface area contributed by atoms with Gasteiger partial charge in [0.25, 0.3) is 0 Å². The van der Waals surface area contributed by atoms with Gasteiger partial charge in [-0.05, 0) is 18.6 Å². The third-order valence-corrected chi connectivity index (χ3v) is 4.84. The lowest BCUT2D eigenvalue weighted by Crippen LogP contribution is -2.27. The molecule has 17 heavy (non-hydrogen) atoms. The first-order chi connectivity index (χ1) is 7.77. The first-order valence-electron chi connectivity index (χ1n) is 5.09. The molecule has 0 saturated heterocycles. The van der Waals surface area contributed by atoms with Crippen LogP contribution in [0.3, 0.4) is 0 Å². The van der Waals surface area contributed by atoms with E-state index in [1.165, 1.54) is 6.07 Å². The van der Waals surface area contributed by atoms with E-state index in [-0.39, 0.29) is 5.02 Å². The van der Waals surface area contributed by atoms with E-state index in [1.54, 1.807) is 19.1 Å². The Balaban J connectivity index is 3.15. The molecule has 0 saturated carbocycles. The first kappa shape index (κ1) is 14.8. The molecular formula is C11H14Cl2O3S. The normalized spacial score (nSPS) is 15.6. The molecule has 3 nitrogen and oxygen atoms in total. The molecule has 0 aliphatic carbocycles. The summed E-state index contributed by atoms with van der Waals surface area (Å²) in [4.78, 5) is 0. The summed E-state index contributed by atoms with van der Waals surface area (Å²) in [5, 5.41) is 9.93. The van der Waals surface area contributed by atoms with Crippen molar-refractivity contribution in [3.63, 3.8) is 0 Å². The number of rotatable bonds is 4. The molecule has 0 aromatic heterocycles. The lowest BCUT2D eigenvalue weighted by Gasteiger charge is -2.21. The summed E-state index contributed by atoms with van der Waals surface area (Å²) in [6.45, 7) is 1.71. The van der Waals surface area contributed by atoms with Crippen LogP contribution in [0.5, 0.6) is 0 Å². The molecule has 6 heteroatoms. The number of hydrogen-bond acceptors (Lipinski definition) is 3. The summed E-state index contributed by atoms with van der Waals surface area (Å²) in [5.41, 5.74) is 0.383. The molecule has 0 aliphatic heterocycles. The van der Waals surface area contributed by atoms with Crippen LogP contribution in [0.1, 0.15) is 25.0 Å². The zero-order valence-corrected chi connectivity index (χ0v) is 11.9. The highest BCUT2D eigenvalue weighted by atomic mass is 35.5. The maximum atomic E-state index is 11.5. The van der Waals surface area contributed by atoms with E-state index < -0.39 is 21.2 Å². The standard InChI is InChI=1S/C11H14Cl2O3S/c1-3-10(17(2,15)16)11(14)8-5-4-7(12)6-9(8)13/h4-6,10-11,14H,3H2,1-2H3/t10-,11-/m1/s1. The Morgan fingerprint density at radius 1 is 1.35 bits per heavy atom. The van der Waals surface area contributed by atoms with E-state index in [0.29, 0.717) is 17.0 Å². The Morgan fingerprint density at radius 3 is 2.35 bits per heavy atom. The molecule has 96 valence electrons. The van der Waals surface area contributed by atoms with E-state index in [9.17, 15) is 13.5 Å². The van der Waals surface area contributed by atoms with Crippen LogP contribution in [0.4, 0.5) is 0 Å². The smallest absolute Gasteiger partial charge is 0.153 e. The minimum Gasteiger partial charge on any atom is -0.387 e. The van der Waals surface area contributed by atoms with Crippen molar-refractivity contribution in [2.45, 2.75) is 24.7 Å². The molecule has 1 aromatic rings. The summed E-state index contributed by atoms with van der Waals surface area (Å²) >= 11 is 11.7. The van der Waals surface area contributed by atoms with E-state index in [4.69, 9.17) is 23.2 Å². The monoisotopic (exact) mass is 296 g/mol. The first-order valence-corrected chi connectivity index (χ1v) is 7.80. The largest absolute Gasteiger partial charge is 0.387 e. The highest BCUT2D eigenvalue weighted by molar-refractivity contribution is 7.91. The van der Waals surface area contributed by atoms with Crippen molar-refractivity contribution in [3.8, 4) is 0 Å². The van der Waals surface area contributed by atoms with Gasteiger partial charge in [0.05, 0.1) is 11.4 Å². The van der Waals surface area contributed by atoms with Crippen LogP contribution in [-0.2, 0) is 9.84 Å². The summed E-state index contributed by atoms with van der Waals surface area (Å²) in [6, 6.07) is 4.60. The molecule has 0 spiro atoms. The van der Waals surface area contributed by atoms with Crippen molar-refractivity contribution in [3.05, 3.63) is 33.8 Å². The predicted octanol–water partition coefficient (Wildman–Crippen LogP) is 2.85. The maximum Gasteiger partial charge on any atom is 0.153 e. The van der Waals surface area contributed by atoms with Crippen LogP contribution >= 0.6 is 23.2 Å². The summed E-state index contributed by atoms with van der Waals surface area (Å²) < 4.78 is 23.1. The molecule has 0 unspecified atom stereocenters. The van der Waals surface area contributed by atoms with Crippen molar-refractivity contribution >= 4 is 33.0 Å². The fourth-order valence-electron chi connectivity index (χ4n) is 1.70. The second-order valence-electron chi connectivity index (χ2n) is 3.89. The fourth-order valence-corrected chi connectivity index (χ4v) is 3.44. The lowest BCUT2D eigenvalue weighted by molar-refractivity contribution is 0.169. The third-order valence-electron chi connectivity index (χ3n) is 2.59. The molecule has 1 N–H and O–H groups in total. The van der Waals surface area contributed by atoms with Crippen LogP contribution in [0.2, 0.25) is 10.0 Å². The topological polar surface area (TPSA) is 54.4 Å². The van der Waals surface area contributed by atoms with Crippen LogP contribution in [0.15, 0.2) is 18.2 Å². The van der Waals surface area contributed by atoms with Gasteiger partial charge in [-0.25, -0.2) is 8.42 Å². The predicted molar refractivity (Wildman–Crippen MR) is 70.3 cm³/mol. The Kier molecular flexibility index (Phi) is 4.84. The van der Waals surface area contributed by atoms with Gasteiger partial charge in [0.2, 0.25) is 0 Å². The molecular weight excluding hydrogens is 283 g/mol. The van der Waals surface area contributed by atoms with Gasteiger partial charge in [0.15, 0.2) is 9.84 Å². The quantitative estimate of drug-likeness (QED) is 0.929. The highest BCUT2D eigenvalue weighted by Crippen LogP contribution is 2.31. The van der Waals surface area contributed by atoms with Gasteiger partial charge in [-0.15, -0.1) is 0 Å². The summed E-state index contributed by atoms with van der Waals surface area (Å²) in [5.74, 6) is 0.